The van der Waals surface area contributed by atoms with Crippen LogP contribution in [0.4, 0.5) is 5.69 Å². The van der Waals surface area contributed by atoms with E-state index in [0.717, 1.165) is 16.7 Å². The van der Waals surface area contributed by atoms with Crippen molar-refractivity contribution in [1.29, 1.82) is 0 Å². The average Bonchev–Trinajstić information content (AvgIpc) is 3.25. The fraction of sp³-hybridized carbons (Fsp3) is 0.320. The molecule has 0 aliphatic carbocycles. The van der Waals surface area contributed by atoms with Crippen LogP contribution in [0.5, 0.6) is 5.75 Å². The van der Waals surface area contributed by atoms with Crippen LogP contribution < -0.4 is 15.4 Å². The number of rotatable bonds is 10. The number of hydrogen-bond donors (Lipinski definition) is 3. The number of ether oxygens (including phenoxy) is 1. The van der Waals surface area contributed by atoms with Gasteiger partial charge in [-0.1, -0.05) is 29.8 Å². The largest absolute Gasteiger partial charge is 0.489 e. The number of aliphatic carboxylic acids is 1. The summed E-state index contributed by atoms with van der Waals surface area (Å²) < 4.78 is 5.67. The molecule has 0 saturated heterocycles. The van der Waals surface area contributed by atoms with Crippen LogP contribution in [0.2, 0.25) is 5.02 Å². The molecule has 174 valence electrons. The standard InChI is InChI=1S/C25H28ClN3O4/c1-15(2)33-23-9-6-18(12-21(23)26)19-13-22(28-14-19)25(32)29-20-7-4-17(5-8-20)16(3)27-11-10-24(30)31/h4-9,12-13,15-16,27H,10-11,14H2,1-3H3,(H,29,32)(H,30,31)/t16-/m0/s1. The highest BCUT2D eigenvalue weighted by atomic mass is 35.5. The Bertz CT molecular complexity index is 1080. The van der Waals surface area contributed by atoms with E-state index in [2.05, 4.69) is 15.6 Å². The van der Waals surface area contributed by atoms with Gasteiger partial charge in [0.2, 0.25) is 0 Å². The summed E-state index contributed by atoms with van der Waals surface area (Å²) in [5.41, 5.74) is 3.83. The number of carbonyl (C=O) groups excluding carboxylic acids is 1. The maximum absolute atomic E-state index is 12.7. The van der Waals surface area contributed by atoms with Crippen LogP contribution in [0.25, 0.3) is 5.57 Å². The molecule has 8 heteroatoms. The lowest BCUT2D eigenvalue weighted by molar-refractivity contribution is -0.136. The van der Waals surface area contributed by atoms with E-state index in [1.807, 2.05) is 63.2 Å². The summed E-state index contributed by atoms with van der Waals surface area (Å²) in [6.45, 7) is 6.64. The van der Waals surface area contributed by atoms with Gasteiger partial charge in [-0.3, -0.25) is 14.6 Å². The minimum absolute atomic E-state index is 0.00273. The number of hydrogen-bond acceptors (Lipinski definition) is 5. The zero-order chi connectivity index (χ0) is 24.0. The molecule has 1 heterocycles. The number of halogens is 1. The van der Waals surface area contributed by atoms with E-state index in [-0.39, 0.29) is 24.5 Å². The molecule has 1 atom stereocenters. The summed E-state index contributed by atoms with van der Waals surface area (Å²) in [6.07, 6.45) is 1.87. The Balaban J connectivity index is 1.59. The lowest BCUT2D eigenvalue weighted by atomic mass is 10.1. The molecule has 33 heavy (non-hydrogen) atoms. The molecule has 0 unspecified atom stereocenters. The Morgan fingerprint density at radius 1 is 1.15 bits per heavy atom. The first kappa shape index (κ1) is 24.5. The summed E-state index contributed by atoms with van der Waals surface area (Å²) in [6, 6.07) is 13.0. The Morgan fingerprint density at radius 2 is 1.88 bits per heavy atom. The Kier molecular flexibility index (Phi) is 8.25. The second-order valence-electron chi connectivity index (χ2n) is 8.08. The van der Waals surface area contributed by atoms with Crippen LogP contribution in [0.1, 0.15) is 44.4 Å². The molecule has 2 aromatic rings. The van der Waals surface area contributed by atoms with Crippen molar-refractivity contribution in [3.05, 3.63) is 64.7 Å². The second-order valence-corrected chi connectivity index (χ2v) is 8.49. The number of carboxylic acids is 1. The molecule has 0 fully saturated rings. The molecule has 7 nitrogen and oxygen atoms in total. The third-order valence-corrected chi connectivity index (χ3v) is 5.38. The molecular formula is C25H28ClN3O4. The molecule has 0 radical (unpaired) electrons. The first-order valence-corrected chi connectivity index (χ1v) is 11.2. The summed E-state index contributed by atoms with van der Waals surface area (Å²) in [4.78, 5) is 27.7. The predicted octanol–water partition coefficient (Wildman–Crippen LogP) is 4.73. The van der Waals surface area contributed by atoms with Crippen molar-refractivity contribution < 1.29 is 19.4 Å². The van der Waals surface area contributed by atoms with E-state index >= 15 is 0 Å². The molecular weight excluding hydrogens is 442 g/mol. The van der Waals surface area contributed by atoms with E-state index in [4.69, 9.17) is 21.4 Å². The van der Waals surface area contributed by atoms with E-state index in [0.29, 0.717) is 35.3 Å². The van der Waals surface area contributed by atoms with E-state index in [1.165, 1.54) is 0 Å². The van der Waals surface area contributed by atoms with E-state index in [9.17, 15) is 9.59 Å². The monoisotopic (exact) mass is 469 g/mol. The highest BCUT2D eigenvalue weighted by molar-refractivity contribution is 6.49. The maximum atomic E-state index is 12.7. The van der Waals surface area contributed by atoms with Crippen molar-refractivity contribution in [2.24, 2.45) is 4.99 Å². The predicted molar refractivity (Wildman–Crippen MR) is 131 cm³/mol. The van der Waals surface area contributed by atoms with Crippen LogP contribution in [0, 0.1) is 0 Å². The van der Waals surface area contributed by atoms with Gasteiger partial charge in [0.1, 0.15) is 11.5 Å². The van der Waals surface area contributed by atoms with Gasteiger partial charge in [0.25, 0.3) is 5.91 Å². The fourth-order valence-corrected chi connectivity index (χ4v) is 3.58. The summed E-state index contributed by atoms with van der Waals surface area (Å²) in [7, 11) is 0. The van der Waals surface area contributed by atoms with Gasteiger partial charge >= 0.3 is 5.97 Å². The van der Waals surface area contributed by atoms with Gasteiger partial charge in [-0.25, -0.2) is 0 Å². The highest BCUT2D eigenvalue weighted by Crippen LogP contribution is 2.30. The Labute approximate surface area is 198 Å². The number of benzene rings is 2. The second kappa shape index (κ2) is 11.1. The lowest BCUT2D eigenvalue weighted by Crippen LogP contribution is -2.22. The maximum Gasteiger partial charge on any atom is 0.304 e. The fourth-order valence-electron chi connectivity index (χ4n) is 3.35. The van der Waals surface area contributed by atoms with Crippen LogP contribution >= 0.6 is 11.6 Å². The molecule has 0 aromatic heterocycles. The molecule has 1 aliphatic rings. The summed E-state index contributed by atoms with van der Waals surface area (Å²) >= 11 is 6.34. The quantitative estimate of drug-likeness (QED) is 0.467. The van der Waals surface area contributed by atoms with Gasteiger partial charge in [0.15, 0.2) is 0 Å². The summed E-state index contributed by atoms with van der Waals surface area (Å²) in [5, 5.41) is 15.3. The Morgan fingerprint density at radius 3 is 2.52 bits per heavy atom. The van der Waals surface area contributed by atoms with Crippen molar-refractivity contribution in [2.75, 3.05) is 18.4 Å². The van der Waals surface area contributed by atoms with E-state index in [1.54, 1.807) is 6.08 Å². The molecule has 3 rings (SSSR count). The minimum atomic E-state index is -0.833. The van der Waals surface area contributed by atoms with Gasteiger partial charge in [-0.2, -0.15) is 0 Å². The van der Waals surface area contributed by atoms with Gasteiger partial charge in [-0.05, 0) is 67.8 Å². The van der Waals surface area contributed by atoms with Crippen LogP contribution in [0.15, 0.2) is 53.5 Å². The first-order valence-electron chi connectivity index (χ1n) is 10.8. The highest BCUT2D eigenvalue weighted by Gasteiger charge is 2.18. The normalized spacial score (nSPS) is 14.0. The first-order chi connectivity index (χ1) is 15.7. The number of amides is 1. The van der Waals surface area contributed by atoms with Gasteiger partial charge in [0, 0.05) is 18.3 Å². The van der Waals surface area contributed by atoms with Crippen molar-refractivity contribution in [1.82, 2.24) is 5.32 Å². The number of carbonyl (C=O) groups is 2. The Hall–Kier alpha value is -3.16. The number of nitrogens with one attached hydrogen (secondary N) is 2. The zero-order valence-corrected chi connectivity index (χ0v) is 19.6. The van der Waals surface area contributed by atoms with Crippen LogP contribution in [0.3, 0.4) is 0 Å². The average molecular weight is 470 g/mol. The molecule has 1 amide bonds. The summed E-state index contributed by atoms with van der Waals surface area (Å²) in [5.74, 6) is -0.487. The van der Waals surface area contributed by atoms with Gasteiger partial charge in [0.05, 0.1) is 24.1 Å². The minimum Gasteiger partial charge on any atom is -0.489 e. The number of carboxylic acid groups (broad SMARTS) is 1. The van der Waals surface area contributed by atoms with Crippen molar-refractivity contribution in [2.45, 2.75) is 39.3 Å². The molecule has 0 saturated carbocycles. The van der Waals surface area contributed by atoms with Gasteiger partial charge in [-0.15, -0.1) is 0 Å². The van der Waals surface area contributed by atoms with E-state index < -0.39 is 5.97 Å². The smallest absolute Gasteiger partial charge is 0.304 e. The third kappa shape index (κ3) is 6.91. The zero-order valence-electron chi connectivity index (χ0n) is 18.9. The third-order valence-electron chi connectivity index (χ3n) is 5.09. The molecule has 0 bridgehead atoms. The van der Waals surface area contributed by atoms with Crippen molar-refractivity contribution in [3.63, 3.8) is 0 Å². The molecule has 2 aromatic carbocycles. The molecule has 0 spiro atoms. The number of aliphatic imine (C=N–C) groups is 1. The SMILES string of the molecule is CC(C)Oc1ccc(C2=CC(C(=O)Nc3ccc([C@H](C)NCCC(=O)O)cc3)=NC2)cc1Cl. The number of nitrogens with zero attached hydrogens (tertiary/aromatic N) is 1. The topological polar surface area (TPSA) is 100 Å². The number of anilines is 1. The molecule has 1 aliphatic heterocycles. The lowest BCUT2D eigenvalue weighted by Gasteiger charge is -2.14. The van der Waals surface area contributed by atoms with Crippen LogP contribution in [-0.4, -0.2) is 41.9 Å². The molecule has 3 N–H and O–H groups in total. The van der Waals surface area contributed by atoms with Gasteiger partial charge < -0.3 is 20.5 Å². The van der Waals surface area contributed by atoms with Crippen molar-refractivity contribution in [3.8, 4) is 5.75 Å². The van der Waals surface area contributed by atoms with Crippen molar-refractivity contribution >= 4 is 40.4 Å². The van der Waals surface area contributed by atoms with Crippen LogP contribution in [-0.2, 0) is 9.59 Å².